The largest absolute Gasteiger partial charge is 0.508 e. The van der Waals surface area contributed by atoms with Crippen LogP contribution in [0.1, 0.15) is 16.7 Å². The first-order chi connectivity index (χ1) is 10.5. The maximum Gasteiger partial charge on any atom is 0.244 e. The van der Waals surface area contributed by atoms with Gasteiger partial charge >= 0.3 is 0 Å². The lowest BCUT2D eigenvalue weighted by Gasteiger charge is -2.03. The Morgan fingerprint density at radius 3 is 2.55 bits per heavy atom. The molecule has 0 aromatic heterocycles. The second-order valence-electron chi connectivity index (χ2n) is 5.09. The van der Waals surface area contributed by atoms with Crippen LogP contribution in [-0.2, 0) is 11.2 Å². The fourth-order valence-electron chi connectivity index (χ4n) is 1.95. The van der Waals surface area contributed by atoms with Gasteiger partial charge in [0.05, 0.1) is 0 Å². The topological polar surface area (TPSA) is 69.6 Å². The first-order valence-electron chi connectivity index (χ1n) is 7.08. The summed E-state index contributed by atoms with van der Waals surface area (Å²) in [5.74, 6) is 0.269. The van der Waals surface area contributed by atoms with Crippen molar-refractivity contribution in [3.05, 3.63) is 65.2 Å². The summed E-state index contributed by atoms with van der Waals surface area (Å²) in [7, 11) is 0. The minimum Gasteiger partial charge on any atom is -0.508 e. The Kier molecular flexibility index (Phi) is 5.20. The molecule has 0 spiro atoms. The van der Waals surface area contributed by atoms with Gasteiger partial charge < -0.3 is 15.5 Å². The summed E-state index contributed by atoms with van der Waals surface area (Å²) in [6.45, 7) is 2.34. The van der Waals surface area contributed by atoms with Crippen molar-refractivity contribution in [1.29, 1.82) is 0 Å². The summed E-state index contributed by atoms with van der Waals surface area (Å²) < 4.78 is 0. The molecule has 2 aromatic carbocycles. The molecule has 0 atom stereocenters. The van der Waals surface area contributed by atoms with Crippen LogP contribution in [0.25, 0.3) is 6.08 Å². The van der Waals surface area contributed by atoms with Gasteiger partial charge in [0.15, 0.2) is 0 Å². The van der Waals surface area contributed by atoms with Crippen molar-refractivity contribution in [3.8, 4) is 11.5 Å². The number of carbonyl (C=O) groups excluding carboxylic acids is 1. The zero-order chi connectivity index (χ0) is 15.9. The van der Waals surface area contributed by atoms with E-state index in [0.29, 0.717) is 13.0 Å². The molecule has 0 radical (unpaired) electrons. The maximum absolute atomic E-state index is 11.7. The van der Waals surface area contributed by atoms with Gasteiger partial charge in [-0.3, -0.25) is 4.79 Å². The van der Waals surface area contributed by atoms with Crippen molar-refractivity contribution >= 4 is 12.0 Å². The van der Waals surface area contributed by atoms with Gasteiger partial charge in [0, 0.05) is 12.6 Å². The smallest absolute Gasteiger partial charge is 0.244 e. The summed E-state index contributed by atoms with van der Waals surface area (Å²) in [5, 5.41) is 21.6. The molecule has 0 heterocycles. The lowest BCUT2D eigenvalue weighted by Crippen LogP contribution is -2.23. The number of aryl methyl sites for hydroxylation is 1. The number of phenolic OH excluding ortho intramolecular Hbond substituents is 2. The molecule has 0 saturated carbocycles. The predicted octanol–water partition coefficient (Wildman–Crippen LogP) is 2.78. The van der Waals surface area contributed by atoms with Crippen LogP contribution in [0.3, 0.4) is 0 Å². The van der Waals surface area contributed by atoms with Crippen molar-refractivity contribution in [2.75, 3.05) is 6.54 Å². The molecule has 0 aliphatic rings. The number of aromatic hydroxyl groups is 2. The van der Waals surface area contributed by atoms with E-state index in [-0.39, 0.29) is 17.4 Å². The van der Waals surface area contributed by atoms with Crippen LogP contribution in [0, 0.1) is 6.92 Å². The van der Waals surface area contributed by atoms with Crippen molar-refractivity contribution < 1.29 is 15.0 Å². The molecule has 0 unspecified atom stereocenters. The predicted molar refractivity (Wildman–Crippen MR) is 86.7 cm³/mol. The van der Waals surface area contributed by atoms with Crippen LogP contribution >= 0.6 is 0 Å². The highest BCUT2D eigenvalue weighted by molar-refractivity contribution is 5.91. The minimum atomic E-state index is -0.182. The van der Waals surface area contributed by atoms with Crippen molar-refractivity contribution in [1.82, 2.24) is 5.32 Å². The highest BCUT2D eigenvalue weighted by atomic mass is 16.3. The molecule has 0 saturated heterocycles. The number of phenols is 2. The molecule has 0 aliphatic carbocycles. The Hall–Kier alpha value is -2.75. The van der Waals surface area contributed by atoms with E-state index in [1.807, 2.05) is 25.1 Å². The number of hydrogen-bond acceptors (Lipinski definition) is 3. The van der Waals surface area contributed by atoms with Crippen LogP contribution < -0.4 is 5.32 Å². The fraction of sp³-hybridized carbons (Fsp3) is 0.167. The van der Waals surface area contributed by atoms with Gasteiger partial charge in [0.2, 0.25) is 5.91 Å². The van der Waals surface area contributed by atoms with Gasteiger partial charge in [-0.05, 0) is 54.3 Å². The van der Waals surface area contributed by atoms with Gasteiger partial charge in [-0.1, -0.05) is 24.3 Å². The summed E-state index contributed by atoms with van der Waals surface area (Å²) in [6, 6.07) is 12.2. The summed E-state index contributed by atoms with van der Waals surface area (Å²) >= 11 is 0. The monoisotopic (exact) mass is 297 g/mol. The quantitative estimate of drug-likeness (QED) is 0.743. The third-order valence-electron chi connectivity index (χ3n) is 3.31. The zero-order valence-corrected chi connectivity index (χ0v) is 12.4. The SMILES string of the molecule is Cc1ccc(/C=C/C(=O)NCCc2ccc(O)cc2)cc1O. The molecule has 0 aliphatic heterocycles. The molecule has 4 heteroatoms. The molecular weight excluding hydrogens is 278 g/mol. The number of benzene rings is 2. The average molecular weight is 297 g/mol. The van der Waals surface area contributed by atoms with Gasteiger partial charge in [0.25, 0.3) is 0 Å². The van der Waals surface area contributed by atoms with E-state index < -0.39 is 0 Å². The number of carbonyl (C=O) groups is 1. The van der Waals surface area contributed by atoms with E-state index >= 15 is 0 Å². The number of nitrogens with one attached hydrogen (secondary N) is 1. The highest BCUT2D eigenvalue weighted by Crippen LogP contribution is 2.18. The van der Waals surface area contributed by atoms with Gasteiger partial charge in [-0.15, -0.1) is 0 Å². The molecule has 0 bridgehead atoms. The third-order valence-corrected chi connectivity index (χ3v) is 3.31. The molecule has 114 valence electrons. The molecule has 3 N–H and O–H groups in total. The first kappa shape index (κ1) is 15.6. The van der Waals surface area contributed by atoms with E-state index in [1.54, 1.807) is 30.3 Å². The van der Waals surface area contributed by atoms with E-state index in [9.17, 15) is 15.0 Å². The Morgan fingerprint density at radius 2 is 1.86 bits per heavy atom. The van der Waals surface area contributed by atoms with Crippen LogP contribution in [0.15, 0.2) is 48.5 Å². The molecule has 2 rings (SSSR count). The van der Waals surface area contributed by atoms with E-state index in [4.69, 9.17) is 0 Å². The lowest BCUT2D eigenvalue weighted by molar-refractivity contribution is -0.116. The summed E-state index contributed by atoms with van der Waals surface area (Å²) in [5.41, 5.74) is 2.62. The zero-order valence-electron chi connectivity index (χ0n) is 12.4. The van der Waals surface area contributed by atoms with Crippen LogP contribution in [0.4, 0.5) is 0 Å². The maximum atomic E-state index is 11.7. The Morgan fingerprint density at radius 1 is 1.14 bits per heavy atom. The molecular formula is C18H19NO3. The van der Waals surface area contributed by atoms with Crippen LogP contribution in [0.2, 0.25) is 0 Å². The van der Waals surface area contributed by atoms with Crippen molar-refractivity contribution in [2.24, 2.45) is 0 Å². The second kappa shape index (κ2) is 7.31. The molecule has 4 nitrogen and oxygen atoms in total. The minimum absolute atomic E-state index is 0.182. The number of hydrogen-bond donors (Lipinski definition) is 3. The number of amides is 1. The van der Waals surface area contributed by atoms with Crippen LogP contribution in [0.5, 0.6) is 11.5 Å². The fourth-order valence-corrected chi connectivity index (χ4v) is 1.95. The van der Waals surface area contributed by atoms with Crippen molar-refractivity contribution in [3.63, 3.8) is 0 Å². The standard InChI is InChI=1S/C18H19NO3/c1-13-2-3-15(12-17(13)21)6-9-18(22)19-11-10-14-4-7-16(20)8-5-14/h2-9,12,20-21H,10-11H2,1H3,(H,19,22)/b9-6+. The van der Waals surface area contributed by atoms with E-state index in [0.717, 1.165) is 16.7 Å². The number of rotatable bonds is 5. The second-order valence-corrected chi connectivity index (χ2v) is 5.09. The molecule has 0 fully saturated rings. The molecule has 1 amide bonds. The van der Waals surface area contributed by atoms with E-state index in [2.05, 4.69) is 5.32 Å². The normalized spacial score (nSPS) is 10.8. The Labute approximate surface area is 129 Å². The Bertz CT molecular complexity index is 675. The first-order valence-corrected chi connectivity index (χ1v) is 7.08. The van der Waals surface area contributed by atoms with Crippen molar-refractivity contribution in [2.45, 2.75) is 13.3 Å². The van der Waals surface area contributed by atoms with Gasteiger partial charge in [-0.2, -0.15) is 0 Å². The lowest BCUT2D eigenvalue weighted by atomic mass is 10.1. The van der Waals surface area contributed by atoms with Gasteiger partial charge in [-0.25, -0.2) is 0 Å². The summed E-state index contributed by atoms with van der Waals surface area (Å²) in [4.78, 5) is 11.7. The third kappa shape index (κ3) is 4.66. The van der Waals surface area contributed by atoms with Crippen LogP contribution in [-0.4, -0.2) is 22.7 Å². The molecule has 22 heavy (non-hydrogen) atoms. The van der Waals surface area contributed by atoms with E-state index in [1.165, 1.54) is 6.08 Å². The summed E-state index contributed by atoms with van der Waals surface area (Å²) in [6.07, 6.45) is 3.81. The van der Waals surface area contributed by atoms with Gasteiger partial charge in [0.1, 0.15) is 11.5 Å². The Balaban J connectivity index is 1.81. The highest BCUT2D eigenvalue weighted by Gasteiger charge is 1.99. The molecule has 2 aromatic rings. The average Bonchev–Trinajstić information content (AvgIpc) is 2.50.